The summed E-state index contributed by atoms with van der Waals surface area (Å²) in [4.78, 5) is 17.1. The number of imidazole rings is 1. The SMILES string of the molecule is C[C@@H](NC(=O)CCC(F)(F)F)c1ccc2nc([C@@H](N[S+]([O-])C(C)(C)C)C3CCC(F)(F)CC3)n(COCC[Si](C)(C)C)c2c1. The standard InChI is InChI=1S/C30H47F5N4O3SSi/c1-20(36-25(40)12-15-30(33,34)35)22-8-9-23-24(18-22)39(19-42-16-17-44(5,6)7)27(37-23)26(38-43(41)28(2,3)4)21-10-13-29(31,32)14-11-21/h8-9,18,20-21,26,38H,10-17,19H2,1-7H3,(H,36,40)/t20-,26+,43?/m1/s1. The third kappa shape index (κ3) is 11.0. The lowest BCUT2D eigenvalue weighted by Crippen LogP contribution is -2.45. The predicted molar refractivity (Wildman–Crippen MR) is 166 cm³/mol. The number of hydrogen-bond acceptors (Lipinski definition) is 5. The molecular formula is C30H47F5N4O3SSi. The largest absolute Gasteiger partial charge is 0.598 e. The first-order chi connectivity index (χ1) is 20.2. The summed E-state index contributed by atoms with van der Waals surface area (Å²) in [6.07, 6.45) is -6.35. The van der Waals surface area contributed by atoms with E-state index in [9.17, 15) is 31.3 Å². The van der Waals surface area contributed by atoms with Gasteiger partial charge in [-0.05, 0) is 70.2 Å². The topological polar surface area (TPSA) is 91.2 Å². The van der Waals surface area contributed by atoms with E-state index in [2.05, 4.69) is 29.7 Å². The Bertz CT molecular complexity index is 1250. The maximum Gasteiger partial charge on any atom is 0.389 e. The van der Waals surface area contributed by atoms with Gasteiger partial charge in [0.15, 0.2) is 0 Å². The number of amides is 1. The lowest BCUT2D eigenvalue weighted by atomic mass is 9.82. The third-order valence-electron chi connectivity index (χ3n) is 7.83. The van der Waals surface area contributed by atoms with E-state index in [0.29, 0.717) is 29.0 Å². The van der Waals surface area contributed by atoms with Gasteiger partial charge in [-0.25, -0.2) is 13.8 Å². The summed E-state index contributed by atoms with van der Waals surface area (Å²) in [5.41, 5.74) is 1.92. The van der Waals surface area contributed by atoms with E-state index in [1.165, 1.54) is 0 Å². The van der Waals surface area contributed by atoms with Crippen molar-refractivity contribution in [1.29, 1.82) is 0 Å². The second-order valence-corrected chi connectivity index (χ2v) is 21.7. The maximum absolute atomic E-state index is 14.2. The molecular weight excluding hydrogens is 619 g/mol. The van der Waals surface area contributed by atoms with Gasteiger partial charge in [-0.1, -0.05) is 25.7 Å². The molecule has 1 saturated carbocycles. The number of benzene rings is 1. The Kier molecular flexibility index (Phi) is 12.0. The normalized spacial score (nSPS) is 18.8. The van der Waals surface area contributed by atoms with Gasteiger partial charge in [-0.2, -0.15) is 13.2 Å². The Labute approximate surface area is 261 Å². The quantitative estimate of drug-likeness (QED) is 0.0986. The Balaban J connectivity index is 2.00. The fourth-order valence-corrected chi connectivity index (χ4v) is 6.67. The number of halogens is 5. The Morgan fingerprint density at radius 3 is 2.41 bits per heavy atom. The molecule has 0 aliphatic heterocycles. The fraction of sp³-hybridized carbons (Fsp3) is 0.733. The van der Waals surface area contributed by atoms with Gasteiger partial charge in [0.05, 0.1) is 23.5 Å². The van der Waals surface area contributed by atoms with Crippen LogP contribution in [0.5, 0.6) is 0 Å². The van der Waals surface area contributed by atoms with E-state index >= 15 is 0 Å². The molecule has 2 N–H and O–H groups in total. The van der Waals surface area contributed by atoms with Gasteiger partial charge in [-0.15, -0.1) is 4.72 Å². The summed E-state index contributed by atoms with van der Waals surface area (Å²) in [6, 6.07) is 5.08. The molecule has 1 amide bonds. The second kappa shape index (κ2) is 14.4. The van der Waals surface area contributed by atoms with Crippen LogP contribution in [0.3, 0.4) is 0 Å². The zero-order valence-electron chi connectivity index (χ0n) is 26.7. The van der Waals surface area contributed by atoms with Crippen molar-refractivity contribution in [2.24, 2.45) is 5.92 Å². The zero-order chi connectivity index (χ0) is 33.1. The zero-order valence-corrected chi connectivity index (χ0v) is 28.6. The monoisotopic (exact) mass is 666 g/mol. The molecule has 1 aromatic carbocycles. The van der Waals surface area contributed by atoms with Crippen LogP contribution >= 0.6 is 0 Å². The van der Waals surface area contributed by atoms with Crippen molar-refractivity contribution in [2.45, 2.75) is 128 Å². The molecule has 14 heteroatoms. The Morgan fingerprint density at radius 2 is 1.84 bits per heavy atom. The molecule has 1 aromatic heterocycles. The van der Waals surface area contributed by atoms with Crippen LogP contribution in [0.25, 0.3) is 11.0 Å². The number of hydrogen-bond donors (Lipinski definition) is 2. The van der Waals surface area contributed by atoms with Crippen molar-refractivity contribution in [1.82, 2.24) is 19.6 Å². The van der Waals surface area contributed by atoms with Gasteiger partial charge < -0.3 is 19.2 Å². The average Bonchev–Trinajstić information content (AvgIpc) is 3.24. The van der Waals surface area contributed by atoms with Gasteiger partial charge >= 0.3 is 6.18 Å². The molecule has 7 nitrogen and oxygen atoms in total. The smallest absolute Gasteiger partial charge is 0.389 e. The highest BCUT2D eigenvalue weighted by Crippen LogP contribution is 2.42. The van der Waals surface area contributed by atoms with E-state index in [1.807, 2.05) is 31.4 Å². The maximum atomic E-state index is 14.2. The molecule has 0 bridgehead atoms. The van der Waals surface area contributed by atoms with Crippen LogP contribution in [0.15, 0.2) is 18.2 Å². The van der Waals surface area contributed by atoms with Gasteiger partial charge in [0.2, 0.25) is 11.8 Å². The summed E-state index contributed by atoms with van der Waals surface area (Å²) >= 11 is -1.52. The molecule has 0 saturated heterocycles. The molecule has 1 aliphatic carbocycles. The number of nitrogens with one attached hydrogen (secondary N) is 2. The summed E-state index contributed by atoms with van der Waals surface area (Å²) in [6.45, 7) is 14.6. The number of rotatable bonds is 13. The van der Waals surface area contributed by atoms with Crippen LogP contribution < -0.4 is 10.0 Å². The van der Waals surface area contributed by atoms with Gasteiger partial charge in [0, 0.05) is 45.3 Å². The average molecular weight is 667 g/mol. The molecule has 3 atom stereocenters. The number of alkyl halides is 5. The minimum atomic E-state index is -4.42. The molecule has 44 heavy (non-hydrogen) atoms. The number of carbonyl (C=O) groups is 1. The van der Waals surface area contributed by atoms with Crippen molar-refractivity contribution >= 4 is 36.4 Å². The molecule has 1 heterocycles. The minimum absolute atomic E-state index is 0.120. The summed E-state index contributed by atoms with van der Waals surface area (Å²) in [7, 11) is -1.39. The first-order valence-electron chi connectivity index (χ1n) is 15.1. The number of carbonyl (C=O) groups excluding carboxylic acids is 1. The van der Waals surface area contributed by atoms with E-state index < -0.39 is 67.1 Å². The highest BCUT2D eigenvalue weighted by molar-refractivity contribution is 7.90. The molecule has 1 aliphatic rings. The number of ether oxygens (including phenoxy) is 1. The van der Waals surface area contributed by atoms with Crippen molar-refractivity contribution < 1.29 is 36.0 Å². The summed E-state index contributed by atoms with van der Waals surface area (Å²) in [5, 5.41) is 2.63. The van der Waals surface area contributed by atoms with Gasteiger partial charge in [0.1, 0.15) is 23.3 Å². The van der Waals surface area contributed by atoms with Crippen molar-refractivity contribution in [3.05, 3.63) is 29.6 Å². The molecule has 0 radical (unpaired) electrons. The van der Waals surface area contributed by atoms with Crippen LogP contribution in [0.4, 0.5) is 22.0 Å². The first-order valence-corrected chi connectivity index (χ1v) is 20.0. The van der Waals surface area contributed by atoms with Crippen LogP contribution in [-0.4, -0.2) is 51.5 Å². The van der Waals surface area contributed by atoms with Crippen LogP contribution in [0.2, 0.25) is 25.7 Å². The molecule has 1 unspecified atom stereocenters. The van der Waals surface area contributed by atoms with Crippen LogP contribution in [0, 0.1) is 5.92 Å². The first kappa shape index (κ1) is 36.7. The van der Waals surface area contributed by atoms with Crippen molar-refractivity contribution in [2.75, 3.05) is 6.61 Å². The molecule has 0 spiro atoms. The number of nitrogens with zero attached hydrogens (tertiary/aromatic N) is 2. The highest BCUT2D eigenvalue weighted by Gasteiger charge is 2.42. The highest BCUT2D eigenvalue weighted by atomic mass is 32.2. The summed E-state index contributed by atoms with van der Waals surface area (Å²) in [5.74, 6) is -3.16. The molecule has 1 fully saturated rings. The minimum Gasteiger partial charge on any atom is -0.598 e. The van der Waals surface area contributed by atoms with Crippen LogP contribution in [0.1, 0.15) is 89.7 Å². The van der Waals surface area contributed by atoms with E-state index in [-0.39, 0.29) is 38.3 Å². The van der Waals surface area contributed by atoms with E-state index in [4.69, 9.17) is 9.72 Å². The second-order valence-electron chi connectivity index (χ2n) is 14.1. The van der Waals surface area contributed by atoms with Crippen molar-refractivity contribution in [3.8, 4) is 0 Å². The van der Waals surface area contributed by atoms with E-state index in [0.717, 1.165) is 6.04 Å². The summed E-state index contributed by atoms with van der Waals surface area (Å²) < 4.78 is 90.1. The predicted octanol–water partition coefficient (Wildman–Crippen LogP) is 7.79. The molecule has 250 valence electrons. The molecule has 3 rings (SSSR count). The van der Waals surface area contributed by atoms with Gasteiger partial charge in [-0.3, -0.25) is 4.79 Å². The van der Waals surface area contributed by atoms with Crippen molar-refractivity contribution in [3.63, 3.8) is 0 Å². The van der Waals surface area contributed by atoms with Crippen LogP contribution in [-0.2, 0) is 27.6 Å². The Hall–Kier alpha value is -1.74. The number of fused-ring (bicyclic) bond motifs is 1. The molecule has 2 aromatic rings. The van der Waals surface area contributed by atoms with E-state index in [1.54, 1.807) is 19.1 Å². The lowest BCUT2D eigenvalue weighted by molar-refractivity contribution is -0.144. The van der Waals surface area contributed by atoms with Gasteiger partial charge in [0.25, 0.3) is 0 Å². The fourth-order valence-electron chi connectivity index (χ4n) is 5.03. The number of aromatic nitrogens is 2. The lowest BCUT2D eigenvalue weighted by Gasteiger charge is -2.35. The third-order valence-corrected chi connectivity index (χ3v) is 11.1. The Morgan fingerprint density at radius 1 is 1.20 bits per heavy atom.